The maximum atomic E-state index is 14.3. The van der Waals surface area contributed by atoms with Crippen molar-refractivity contribution in [2.45, 2.75) is 24.1 Å². The van der Waals surface area contributed by atoms with Crippen LogP contribution in [0.3, 0.4) is 0 Å². The van der Waals surface area contributed by atoms with E-state index in [9.17, 15) is 18.3 Å². The van der Waals surface area contributed by atoms with Gasteiger partial charge in [-0.3, -0.25) is 0 Å². The molecule has 0 aliphatic carbocycles. The van der Waals surface area contributed by atoms with Crippen molar-refractivity contribution in [3.63, 3.8) is 0 Å². The third kappa shape index (κ3) is 2.44. The van der Waals surface area contributed by atoms with E-state index in [-0.39, 0.29) is 23.0 Å². The quantitative estimate of drug-likeness (QED) is 0.740. The summed E-state index contributed by atoms with van der Waals surface area (Å²) in [4.78, 5) is 4.08. The third-order valence-corrected chi connectivity index (χ3v) is 5.56. The van der Waals surface area contributed by atoms with E-state index in [0.717, 1.165) is 17.8 Å². The molecule has 0 bridgehead atoms. The second kappa shape index (κ2) is 5.66. The molecule has 1 aliphatic rings. The molecule has 8 heteroatoms. The van der Waals surface area contributed by atoms with E-state index in [1.165, 1.54) is 6.07 Å². The van der Waals surface area contributed by atoms with Crippen LogP contribution in [0.2, 0.25) is 0 Å². The van der Waals surface area contributed by atoms with E-state index in [0.29, 0.717) is 0 Å². The summed E-state index contributed by atoms with van der Waals surface area (Å²) >= 11 is 1.09. The van der Waals surface area contributed by atoms with E-state index in [1.54, 1.807) is 13.8 Å². The molecule has 0 spiro atoms. The number of aliphatic imine (C=N–C) groups is 1. The molecule has 4 nitrogen and oxygen atoms in total. The Morgan fingerprint density at radius 3 is 2.55 bits per heavy atom. The third-order valence-electron chi connectivity index (χ3n) is 4.31. The number of aliphatic hydroxyl groups excluding tert-OH is 1. The summed E-state index contributed by atoms with van der Waals surface area (Å²) in [6, 6.07) is 1.99. The first-order valence-electron chi connectivity index (χ1n) is 6.66. The number of halogens is 3. The minimum atomic E-state index is -1.73. The van der Waals surface area contributed by atoms with Gasteiger partial charge in [0.1, 0.15) is 12.2 Å². The Morgan fingerprint density at radius 1 is 1.36 bits per heavy atom. The van der Waals surface area contributed by atoms with E-state index in [4.69, 9.17) is 11.5 Å². The van der Waals surface area contributed by atoms with Gasteiger partial charge >= 0.3 is 0 Å². The normalized spacial score (nSPS) is 31.9. The van der Waals surface area contributed by atoms with Crippen molar-refractivity contribution in [2.24, 2.45) is 16.6 Å². The molecule has 2 rings (SSSR count). The van der Waals surface area contributed by atoms with Crippen molar-refractivity contribution in [1.82, 2.24) is 0 Å². The number of hydrogen-bond acceptors (Lipinski definition) is 5. The van der Waals surface area contributed by atoms with Gasteiger partial charge in [0.2, 0.25) is 0 Å². The van der Waals surface area contributed by atoms with Crippen LogP contribution >= 0.6 is 11.8 Å². The lowest BCUT2D eigenvalue weighted by molar-refractivity contribution is 0.136. The predicted octanol–water partition coefficient (Wildman–Crippen LogP) is 2.16. The second-order valence-corrected chi connectivity index (χ2v) is 7.22. The minimum absolute atomic E-state index is 0.00883. The van der Waals surface area contributed by atoms with Crippen LogP contribution in [-0.4, -0.2) is 28.3 Å². The maximum Gasteiger partial charge on any atom is 0.164 e. The molecule has 0 saturated heterocycles. The molecule has 3 atom stereocenters. The molecule has 0 amide bonds. The lowest BCUT2D eigenvalue weighted by atomic mass is 9.73. The van der Waals surface area contributed by atoms with Crippen LogP contribution in [0.25, 0.3) is 0 Å². The summed E-state index contributed by atoms with van der Waals surface area (Å²) in [5.41, 5.74) is 9.26. The van der Waals surface area contributed by atoms with Crippen LogP contribution < -0.4 is 11.5 Å². The summed E-state index contributed by atoms with van der Waals surface area (Å²) in [6.07, 6.45) is 0. The SMILES string of the molecule is CC1[C@@](C)(CO)SC(N)=N[C@]1(CF)c1cc(N)cc(F)c1F. The number of nitrogens with two attached hydrogens (primary N) is 2. The Morgan fingerprint density at radius 2 is 2.00 bits per heavy atom. The Balaban J connectivity index is 2.75. The Bertz CT molecular complexity index is 628. The molecule has 1 unspecified atom stereocenters. The molecule has 0 fully saturated rings. The average molecular weight is 333 g/mol. The van der Waals surface area contributed by atoms with Crippen molar-refractivity contribution in [3.05, 3.63) is 29.3 Å². The van der Waals surface area contributed by atoms with Gasteiger partial charge < -0.3 is 16.6 Å². The highest BCUT2D eigenvalue weighted by Gasteiger charge is 2.53. The standard InChI is InChI=1S/C14H18F3N3OS/c1-7-13(2,6-21)22-12(19)20-14(7,5-15)9-3-8(18)4-10(16)11(9)17/h3-4,7,21H,5-6,18H2,1-2H3,(H2,19,20)/t7?,13-,14+/m1/s1. The number of nitrogens with zero attached hydrogens (tertiary/aromatic N) is 1. The topological polar surface area (TPSA) is 84.6 Å². The van der Waals surface area contributed by atoms with E-state index in [1.807, 2.05) is 0 Å². The second-order valence-electron chi connectivity index (χ2n) is 5.67. The molecule has 1 aromatic carbocycles. The number of anilines is 1. The van der Waals surface area contributed by atoms with Gasteiger partial charge in [-0.25, -0.2) is 18.2 Å². The number of nitrogen functional groups attached to an aromatic ring is 1. The molecular weight excluding hydrogens is 315 g/mol. The zero-order valence-electron chi connectivity index (χ0n) is 12.2. The number of thioether (sulfide) groups is 1. The molecule has 1 aliphatic heterocycles. The molecular formula is C14H18F3N3OS. The Hall–Kier alpha value is -1.41. The fourth-order valence-corrected chi connectivity index (χ4v) is 3.88. The largest absolute Gasteiger partial charge is 0.399 e. The number of benzene rings is 1. The highest BCUT2D eigenvalue weighted by atomic mass is 32.2. The Labute approximate surface area is 130 Å². The molecule has 0 saturated carbocycles. The smallest absolute Gasteiger partial charge is 0.164 e. The summed E-state index contributed by atoms with van der Waals surface area (Å²) in [6.45, 7) is 1.89. The lowest BCUT2D eigenvalue weighted by Crippen LogP contribution is -2.53. The summed E-state index contributed by atoms with van der Waals surface area (Å²) < 4.78 is 41.1. The van der Waals surface area contributed by atoms with Crippen molar-refractivity contribution in [1.29, 1.82) is 0 Å². The van der Waals surface area contributed by atoms with E-state index < -0.39 is 34.5 Å². The van der Waals surface area contributed by atoms with Crippen molar-refractivity contribution in [3.8, 4) is 0 Å². The predicted molar refractivity (Wildman–Crippen MR) is 82.3 cm³/mol. The van der Waals surface area contributed by atoms with Gasteiger partial charge in [-0.2, -0.15) is 0 Å². The monoisotopic (exact) mass is 333 g/mol. The fraction of sp³-hybridized carbons (Fsp3) is 0.500. The van der Waals surface area contributed by atoms with Crippen molar-refractivity contribution in [2.75, 3.05) is 19.0 Å². The molecule has 0 radical (unpaired) electrons. The highest BCUT2D eigenvalue weighted by molar-refractivity contribution is 8.15. The lowest BCUT2D eigenvalue weighted by Gasteiger charge is -2.47. The first-order chi connectivity index (χ1) is 10.2. The molecule has 0 aromatic heterocycles. The maximum absolute atomic E-state index is 14.3. The number of aliphatic hydroxyl groups is 1. The molecule has 1 heterocycles. The minimum Gasteiger partial charge on any atom is -0.399 e. The van der Waals surface area contributed by atoms with Crippen LogP contribution in [0.5, 0.6) is 0 Å². The summed E-state index contributed by atoms with van der Waals surface area (Å²) in [7, 11) is 0. The van der Waals surface area contributed by atoms with Crippen LogP contribution in [0.15, 0.2) is 17.1 Å². The molecule has 1 aromatic rings. The number of hydrogen-bond donors (Lipinski definition) is 3. The van der Waals surface area contributed by atoms with Gasteiger partial charge in [-0.1, -0.05) is 18.7 Å². The summed E-state index contributed by atoms with van der Waals surface area (Å²) in [5.74, 6) is -3.03. The van der Waals surface area contributed by atoms with Gasteiger partial charge in [-0.05, 0) is 19.1 Å². The average Bonchev–Trinajstić information content (AvgIpc) is 2.46. The van der Waals surface area contributed by atoms with Crippen molar-refractivity contribution < 1.29 is 18.3 Å². The van der Waals surface area contributed by atoms with Gasteiger partial charge in [-0.15, -0.1) is 0 Å². The van der Waals surface area contributed by atoms with Crippen LogP contribution in [0, 0.1) is 17.6 Å². The van der Waals surface area contributed by atoms with Gasteiger partial charge in [0, 0.05) is 21.9 Å². The van der Waals surface area contributed by atoms with Gasteiger partial charge in [0.25, 0.3) is 0 Å². The highest BCUT2D eigenvalue weighted by Crippen LogP contribution is 2.50. The van der Waals surface area contributed by atoms with E-state index in [2.05, 4.69) is 4.99 Å². The van der Waals surface area contributed by atoms with Crippen molar-refractivity contribution >= 4 is 22.6 Å². The molecule has 122 valence electrons. The molecule has 5 N–H and O–H groups in total. The van der Waals surface area contributed by atoms with Crippen LogP contribution in [0.1, 0.15) is 19.4 Å². The zero-order valence-corrected chi connectivity index (χ0v) is 13.1. The Kier molecular flexibility index (Phi) is 4.36. The van der Waals surface area contributed by atoms with Crippen LogP contribution in [0.4, 0.5) is 18.9 Å². The first-order valence-corrected chi connectivity index (χ1v) is 7.48. The zero-order chi connectivity index (χ0) is 16.7. The van der Waals surface area contributed by atoms with E-state index >= 15 is 0 Å². The number of alkyl halides is 1. The summed E-state index contributed by atoms with van der Waals surface area (Å²) in [5, 5.41) is 9.65. The molecule has 22 heavy (non-hydrogen) atoms. The van der Waals surface area contributed by atoms with Crippen LogP contribution in [-0.2, 0) is 5.54 Å². The van der Waals surface area contributed by atoms with Gasteiger partial charge in [0.05, 0.1) is 6.61 Å². The number of amidine groups is 1. The van der Waals surface area contributed by atoms with Gasteiger partial charge in [0.15, 0.2) is 16.8 Å². The fourth-order valence-electron chi connectivity index (χ4n) is 2.75. The number of rotatable bonds is 3. The first kappa shape index (κ1) is 17.0.